The minimum atomic E-state index is -0.151. The third kappa shape index (κ3) is 3.83. The van der Waals surface area contributed by atoms with Gasteiger partial charge in [0.25, 0.3) is 0 Å². The molecule has 168 valence electrons. The van der Waals surface area contributed by atoms with Crippen LogP contribution >= 0.6 is 11.3 Å². The number of hydrogen-bond donors (Lipinski definition) is 2. The number of anilines is 2. The largest absolute Gasteiger partial charge is 0.380 e. The van der Waals surface area contributed by atoms with Crippen LogP contribution in [-0.4, -0.2) is 53.9 Å². The molecule has 2 aliphatic heterocycles. The first-order valence-corrected chi connectivity index (χ1v) is 12.6. The standard InChI is InChI=1S/C27H28N4OS/c32-27(25-9-4-18-33-25)26(23-11-10-19-5-1-2-6-21(19)29-23)31-16-14-30(15-17-31)24-8-3-7-22-20(24)12-13-28-22/h1-9,12-13,18,23,26,28-29H,10-11,14-17H2. The van der Waals surface area contributed by atoms with E-state index in [4.69, 9.17) is 0 Å². The number of thiophene rings is 1. The number of rotatable bonds is 5. The van der Waals surface area contributed by atoms with Gasteiger partial charge in [0.15, 0.2) is 5.78 Å². The number of ketones is 1. The number of benzene rings is 2. The molecular weight excluding hydrogens is 428 g/mol. The number of carbonyl (C=O) groups is 1. The van der Waals surface area contributed by atoms with E-state index in [0.29, 0.717) is 0 Å². The van der Waals surface area contributed by atoms with Gasteiger partial charge in [-0.1, -0.05) is 30.3 Å². The van der Waals surface area contributed by atoms with Crippen molar-refractivity contribution in [1.82, 2.24) is 9.88 Å². The molecule has 4 aromatic rings. The van der Waals surface area contributed by atoms with Crippen LogP contribution in [0.25, 0.3) is 10.9 Å². The molecule has 4 heterocycles. The molecule has 33 heavy (non-hydrogen) atoms. The van der Waals surface area contributed by atoms with Gasteiger partial charge < -0.3 is 15.2 Å². The van der Waals surface area contributed by atoms with E-state index in [1.165, 1.54) is 27.8 Å². The van der Waals surface area contributed by atoms with Crippen LogP contribution in [0.4, 0.5) is 11.4 Å². The van der Waals surface area contributed by atoms with E-state index in [0.717, 1.165) is 43.9 Å². The number of hydrogen-bond acceptors (Lipinski definition) is 5. The summed E-state index contributed by atoms with van der Waals surface area (Å²) in [6.45, 7) is 3.59. The Hall–Kier alpha value is -3.09. The molecule has 0 saturated carbocycles. The van der Waals surface area contributed by atoms with Gasteiger partial charge in [0, 0.05) is 60.7 Å². The topological polar surface area (TPSA) is 51.4 Å². The fourth-order valence-electron chi connectivity index (χ4n) is 5.45. The molecule has 2 atom stereocenters. The summed E-state index contributed by atoms with van der Waals surface area (Å²) < 4.78 is 0. The lowest BCUT2D eigenvalue weighted by molar-refractivity contribution is 0.0775. The third-order valence-electron chi connectivity index (χ3n) is 7.12. The van der Waals surface area contributed by atoms with Gasteiger partial charge in [-0.25, -0.2) is 0 Å². The summed E-state index contributed by atoms with van der Waals surface area (Å²) in [5.41, 5.74) is 4.97. The fraction of sp³-hybridized carbons (Fsp3) is 0.296. The second-order valence-corrected chi connectivity index (χ2v) is 9.92. The molecule has 5 nitrogen and oxygen atoms in total. The highest BCUT2D eigenvalue weighted by atomic mass is 32.1. The SMILES string of the molecule is O=C(c1cccs1)C(C1CCc2ccccc2N1)N1CCN(c2cccc3[nH]ccc23)CC1. The van der Waals surface area contributed by atoms with Crippen LogP contribution in [0, 0.1) is 0 Å². The number of nitrogens with one attached hydrogen (secondary N) is 2. The highest BCUT2D eigenvalue weighted by Gasteiger charge is 2.38. The summed E-state index contributed by atoms with van der Waals surface area (Å²) in [7, 11) is 0. The molecular formula is C27H28N4OS. The number of fused-ring (bicyclic) bond motifs is 2. The Morgan fingerprint density at radius 2 is 1.85 bits per heavy atom. The zero-order valence-electron chi connectivity index (χ0n) is 18.5. The molecule has 0 radical (unpaired) electrons. The van der Waals surface area contributed by atoms with Gasteiger partial charge in [-0.2, -0.15) is 0 Å². The van der Waals surface area contributed by atoms with E-state index in [2.05, 4.69) is 68.6 Å². The van der Waals surface area contributed by atoms with Gasteiger partial charge in [-0.05, 0) is 54.1 Å². The lowest BCUT2D eigenvalue weighted by Gasteiger charge is -2.43. The van der Waals surface area contributed by atoms with E-state index < -0.39 is 0 Å². The number of aryl methyl sites for hydroxylation is 1. The predicted molar refractivity (Wildman–Crippen MR) is 137 cm³/mol. The number of piperazine rings is 1. The minimum absolute atomic E-state index is 0.120. The van der Waals surface area contributed by atoms with E-state index >= 15 is 0 Å². The van der Waals surface area contributed by atoms with Gasteiger partial charge in [0.05, 0.1) is 10.9 Å². The van der Waals surface area contributed by atoms with Crippen LogP contribution in [-0.2, 0) is 6.42 Å². The van der Waals surface area contributed by atoms with Crippen molar-refractivity contribution >= 4 is 39.4 Å². The van der Waals surface area contributed by atoms with Crippen molar-refractivity contribution in [3.63, 3.8) is 0 Å². The Bertz CT molecular complexity index is 1260. The summed E-state index contributed by atoms with van der Waals surface area (Å²) >= 11 is 1.55. The zero-order valence-corrected chi connectivity index (χ0v) is 19.4. The maximum Gasteiger partial charge on any atom is 0.191 e. The van der Waals surface area contributed by atoms with Crippen LogP contribution in [0.1, 0.15) is 21.7 Å². The highest BCUT2D eigenvalue weighted by Crippen LogP contribution is 2.31. The van der Waals surface area contributed by atoms with Crippen molar-refractivity contribution in [3.8, 4) is 0 Å². The molecule has 6 rings (SSSR count). The minimum Gasteiger partial charge on any atom is -0.380 e. The molecule has 6 heteroatoms. The van der Waals surface area contributed by atoms with Crippen molar-refractivity contribution in [1.29, 1.82) is 0 Å². The summed E-state index contributed by atoms with van der Waals surface area (Å²) in [6, 6.07) is 21.0. The molecule has 1 saturated heterocycles. The van der Waals surface area contributed by atoms with E-state index in [-0.39, 0.29) is 17.9 Å². The highest BCUT2D eigenvalue weighted by molar-refractivity contribution is 7.12. The maximum atomic E-state index is 13.7. The number of carbonyl (C=O) groups excluding carboxylic acids is 1. The van der Waals surface area contributed by atoms with Crippen LogP contribution in [0.5, 0.6) is 0 Å². The van der Waals surface area contributed by atoms with Gasteiger partial charge in [0.1, 0.15) is 0 Å². The first-order valence-electron chi connectivity index (χ1n) is 11.8. The molecule has 0 aliphatic carbocycles. The van der Waals surface area contributed by atoms with E-state index in [1.54, 1.807) is 11.3 Å². The van der Waals surface area contributed by atoms with E-state index in [9.17, 15) is 4.79 Å². The molecule has 2 aliphatic rings. The number of aromatic nitrogens is 1. The predicted octanol–water partition coefficient (Wildman–Crippen LogP) is 5.03. The molecule has 2 aromatic heterocycles. The average Bonchev–Trinajstić information content (AvgIpc) is 3.57. The summed E-state index contributed by atoms with van der Waals surface area (Å²) in [6.07, 6.45) is 3.99. The molecule has 1 fully saturated rings. The Balaban J connectivity index is 1.25. The Labute approximate surface area is 198 Å². The molecule has 0 bridgehead atoms. The maximum absolute atomic E-state index is 13.7. The first kappa shape index (κ1) is 20.5. The summed E-state index contributed by atoms with van der Waals surface area (Å²) in [5, 5.41) is 6.99. The number of Topliss-reactive ketones (excluding diaryl/α,β-unsaturated/α-hetero) is 1. The summed E-state index contributed by atoms with van der Waals surface area (Å²) in [5.74, 6) is 0.253. The van der Waals surface area contributed by atoms with Crippen LogP contribution < -0.4 is 10.2 Å². The monoisotopic (exact) mass is 456 g/mol. The quantitative estimate of drug-likeness (QED) is 0.414. The lowest BCUT2D eigenvalue weighted by Crippen LogP contribution is -2.58. The fourth-order valence-corrected chi connectivity index (χ4v) is 6.15. The molecule has 0 spiro atoms. The molecule has 2 N–H and O–H groups in total. The van der Waals surface area contributed by atoms with Crippen molar-refractivity contribution < 1.29 is 4.79 Å². The van der Waals surface area contributed by atoms with Gasteiger partial charge in [-0.15, -0.1) is 11.3 Å². The van der Waals surface area contributed by atoms with Gasteiger partial charge >= 0.3 is 0 Å². The van der Waals surface area contributed by atoms with Crippen LogP contribution in [0.2, 0.25) is 0 Å². The van der Waals surface area contributed by atoms with Crippen LogP contribution in [0.15, 0.2) is 72.2 Å². The Morgan fingerprint density at radius 3 is 2.70 bits per heavy atom. The smallest absolute Gasteiger partial charge is 0.191 e. The number of H-pyrrole nitrogens is 1. The number of para-hydroxylation sites is 1. The first-order chi connectivity index (χ1) is 16.3. The van der Waals surface area contributed by atoms with Crippen LogP contribution in [0.3, 0.4) is 0 Å². The third-order valence-corrected chi connectivity index (χ3v) is 8.00. The lowest BCUT2D eigenvalue weighted by atomic mass is 9.90. The van der Waals surface area contributed by atoms with Crippen molar-refractivity contribution in [2.24, 2.45) is 0 Å². The van der Waals surface area contributed by atoms with Crippen molar-refractivity contribution in [2.75, 3.05) is 36.4 Å². The number of aromatic amines is 1. The molecule has 2 aromatic carbocycles. The second kappa shape index (κ2) is 8.69. The second-order valence-electron chi connectivity index (χ2n) is 8.97. The van der Waals surface area contributed by atoms with E-state index in [1.807, 2.05) is 23.7 Å². The Kier molecular flexibility index (Phi) is 5.40. The zero-order chi connectivity index (χ0) is 22.2. The van der Waals surface area contributed by atoms with Crippen molar-refractivity contribution in [3.05, 3.63) is 82.7 Å². The van der Waals surface area contributed by atoms with Crippen molar-refractivity contribution in [2.45, 2.75) is 24.9 Å². The number of nitrogens with zero attached hydrogens (tertiary/aromatic N) is 2. The molecule has 2 unspecified atom stereocenters. The molecule has 0 amide bonds. The van der Waals surface area contributed by atoms with Gasteiger partial charge in [0.2, 0.25) is 0 Å². The summed E-state index contributed by atoms with van der Waals surface area (Å²) in [4.78, 5) is 22.8. The van der Waals surface area contributed by atoms with Gasteiger partial charge in [-0.3, -0.25) is 9.69 Å². The average molecular weight is 457 g/mol. The Morgan fingerprint density at radius 1 is 0.970 bits per heavy atom. The normalized spacial score (nSPS) is 19.8.